The average Bonchev–Trinajstić information content (AvgIpc) is 2.27. The van der Waals surface area contributed by atoms with Crippen LogP contribution >= 0.6 is 8.69 Å². The summed E-state index contributed by atoms with van der Waals surface area (Å²) in [7, 11) is -6.83. The van der Waals surface area contributed by atoms with Crippen molar-refractivity contribution in [1.29, 1.82) is 0 Å². The Labute approximate surface area is 106 Å². The summed E-state index contributed by atoms with van der Waals surface area (Å²) in [5, 5.41) is 0. The molecule has 0 spiro atoms. The van der Waals surface area contributed by atoms with Crippen molar-refractivity contribution < 1.29 is 39.3 Å². The van der Waals surface area contributed by atoms with Crippen LogP contribution in [-0.2, 0) is 29.6 Å². The highest BCUT2D eigenvalue weighted by Crippen LogP contribution is 2.36. The van der Waals surface area contributed by atoms with Gasteiger partial charge in [-0.2, -0.15) is 21.6 Å². The lowest BCUT2D eigenvalue weighted by molar-refractivity contribution is -0.140. The molecule has 0 aliphatic heterocycles. The summed E-state index contributed by atoms with van der Waals surface area (Å²) in [5.41, 5.74) is -1.69. The van der Waals surface area contributed by atoms with E-state index in [1.54, 1.807) is 0 Å². The van der Waals surface area contributed by atoms with Gasteiger partial charge in [0.25, 0.3) is 0 Å². The standard InChI is InChI=1S/C8H7F4O5PS/c9-6-3-1-2-5(8(10,11)12)7(6)19(14,15)17-4-16-18-13/h1-3H,4,18H2. The smallest absolute Gasteiger partial charge is 0.304 e. The van der Waals surface area contributed by atoms with Crippen LogP contribution in [0.2, 0.25) is 0 Å². The van der Waals surface area contributed by atoms with Gasteiger partial charge < -0.3 is 4.52 Å². The van der Waals surface area contributed by atoms with Crippen LogP contribution in [0.5, 0.6) is 0 Å². The third-order valence-corrected chi connectivity index (χ3v) is 3.46. The van der Waals surface area contributed by atoms with Gasteiger partial charge in [-0.1, -0.05) is 6.07 Å². The van der Waals surface area contributed by atoms with E-state index in [0.29, 0.717) is 12.1 Å². The second-order valence-corrected chi connectivity index (χ2v) is 5.14. The Bertz CT molecular complexity index is 571. The van der Waals surface area contributed by atoms with Crippen LogP contribution in [0, 0.1) is 5.82 Å². The fourth-order valence-electron chi connectivity index (χ4n) is 1.16. The van der Waals surface area contributed by atoms with Gasteiger partial charge in [-0.3, -0.25) is 4.57 Å². The molecule has 0 radical (unpaired) electrons. The first-order valence-corrected chi connectivity index (χ1v) is 6.85. The lowest BCUT2D eigenvalue weighted by Gasteiger charge is -2.13. The van der Waals surface area contributed by atoms with E-state index in [0.717, 1.165) is 6.07 Å². The third kappa shape index (κ3) is 4.00. The first-order chi connectivity index (χ1) is 8.70. The van der Waals surface area contributed by atoms with Gasteiger partial charge in [0.15, 0.2) is 15.5 Å². The highest BCUT2D eigenvalue weighted by atomic mass is 32.2. The zero-order chi connectivity index (χ0) is 14.7. The molecule has 0 saturated heterocycles. The van der Waals surface area contributed by atoms with Crippen molar-refractivity contribution in [2.24, 2.45) is 0 Å². The number of hydrogen-bond acceptors (Lipinski definition) is 5. The van der Waals surface area contributed by atoms with Crippen LogP contribution in [0.15, 0.2) is 23.1 Å². The van der Waals surface area contributed by atoms with Crippen molar-refractivity contribution in [3.63, 3.8) is 0 Å². The van der Waals surface area contributed by atoms with Gasteiger partial charge in [0.05, 0.1) is 5.56 Å². The zero-order valence-electron chi connectivity index (χ0n) is 8.98. The van der Waals surface area contributed by atoms with Crippen molar-refractivity contribution in [3.05, 3.63) is 29.6 Å². The van der Waals surface area contributed by atoms with E-state index in [1.807, 2.05) is 0 Å². The van der Waals surface area contributed by atoms with E-state index in [1.165, 1.54) is 0 Å². The fourth-order valence-corrected chi connectivity index (χ4v) is 2.45. The molecule has 1 aromatic rings. The normalized spacial score (nSPS) is 13.3. The molecule has 0 aliphatic carbocycles. The molecule has 1 aromatic carbocycles. The third-order valence-electron chi connectivity index (χ3n) is 1.86. The predicted octanol–water partition coefficient (Wildman–Crippen LogP) is 2.20. The molecule has 1 rings (SSSR count). The maximum Gasteiger partial charge on any atom is 0.417 e. The largest absolute Gasteiger partial charge is 0.417 e. The van der Waals surface area contributed by atoms with Crippen molar-refractivity contribution >= 4 is 18.8 Å². The van der Waals surface area contributed by atoms with Gasteiger partial charge in [-0.25, -0.2) is 8.57 Å². The maximum absolute atomic E-state index is 13.3. The van der Waals surface area contributed by atoms with Crippen LogP contribution < -0.4 is 0 Å². The summed E-state index contributed by atoms with van der Waals surface area (Å²) in [6.07, 6.45) is -5.07. The first kappa shape index (κ1) is 16.1. The Morgan fingerprint density at radius 3 is 2.42 bits per heavy atom. The quantitative estimate of drug-likeness (QED) is 0.273. The van der Waals surface area contributed by atoms with E-state index in [9.17, 15) is 30.5 Å². The predicted molar refractivity (Wildman–Crippen MR) is 56.0 cm³/mol. The van der Waals surface area contributed by atoms with E-state index >= 15 is 0 Å². The number of rotatable bonds is 5. The molecule has 11 heteroatoms. The van der Waals surface area contributed by atoms with Crippen LogP contribution in [0.4, 0.5) is 17.6 Å². The summed E-state index contributed by atoms with van der Waals surface area (Å²) < 4.78 is 92.1. The summed E-state index contributed by atoms with van der Waals surface area (Å²) in [5.74, 6) is -1.61. The molecular weight excluding hydrogens is 315 g/mol. The van der Waals surface area contributed by atoms with Crippen molar-refractivity contribution in [3.8, 4) is 0 Å². The first-order valence-electron chi connectivity index (χ1n) is 4.50. The van der Waals surface area contributed by atoms with Gasteiger partial charge >= 0.3 is 16.3 Å². The van der Waals surface area contributed by atoms with Crippen molar-refractivity contribution in [2.75, 3.05) is 6.79 Å². The molecule has 0 bridgehead atoms. The second-order valence-electron chi connectivity index (χ2n) is 3.07. The molecule has 0 N–H and O–H groups in total. The lowest BCUT2D eigenvalue weighted by Crippen LogP contribution is -2.17. The molecule has 0 saturated carbocycles. The maximum atomic E-state index is 13.3. The van der Waals surface area contributed by atoms with E-state index in [2.05, 4.69) is 8.71 Å². The lowest BCUT2D eigenvalue weighted by atomic mass is 10.2. The molecule has 0 heterocycles. The second kappa shape index (κ2) is 6.00. The monoisotopic (exact) mass is 322 g/mol. The van der Waals surface area contributed by atoms with Crippen LogP contribution in [-0.4, -0.2) is 15.2 Å². The molecule has 108 valence electrons. The zero-order valence-corrected chi connectivity index (χ0v) is 10.9. The van der Waals surface area contributed by atoms with Crippen LogP contribution in [0.1, 0.15) is 5.56 Å². The molecule has 5 nitrogen and oxygen atoms in total. The van der Waals surface area contributed by atoms with Crippen molar-refractivity contribution in [2.45, 2.75) is 11.1 Å². The summed E-state index contributed by atoms with van der Waals surface area (Å²) in [4.78, 5) is -1.63. The van der Waals surface area contributed by atoms with Gasteiger partial charge in [0.2, 0.25) is 0 Å². The SMILES string of the molecule is O=[PH2]OCOS(=O)(=O)c1c(F)cccc1C(F)(F)F. The number of alkyl halides is 3. The Hall–Kier alpha value is -0.960. The van der Waals surface area contributed by atoms with E-state index < -0.39 is 48.1 Å². The van der Waals surface area contributed by atoms with Gasteiger partial charge in [0, 0.05) is 0 Å². The minimum Gasteiger partial charge on any atom is -0.304 e. The molecule has 0 aliphatic rings. The molecule has 1 atom stereocenters. The van der Waals surface area contributed by atoms with Crippen molar-refractivity contribution in [1.82, 2.24) is 0 Å². The Balaban J connectivity index is 3.29. The summed E-state index contributed by atoms with van der Waals surface area (Å²) in [6, 6.07) is 1.67. The molecule has 0 amide bonds. The van der Waals surface area contributed by atoms with Crippen LogP contribution in [0.3, 0.4) is 0 Å². The number of halogens is 4. The Morgan fingerprint density at radius 2 is 1.89 bits per heavy atom. The molecule has 1 unspecified atom stereocenters. The Morgan fingerprint density at radius 1 is 1.26 bits per heavy atom. The number of hydrogen-bond donors (Lipinski definition) is 0. The minimum absolute atomic E-state index is 0.402. The highest BCUT2D eigenvalue weighted by molar-refractivity contribution is 7.86. The number of benzene rings is 1. The molecular formula is C8H7F4O5PS. The van der Waals surface area contributed by atoms with E-state index in [-0.39, 0.29) is 0 Å². The van der Waals surface area contributed by atoms with E-state index in [4.69, 9.17) is 0 Å². The molecule has 19 heavy (non-hydrogen) atoms. The topological polar surface area (TPSA) is 69.7 Å². The summed E-state index contributed by atoms with van der Waals surface area (Å²) in [6.45, 7) is -1.06. The average molecular weight is 322 g/mol. The van der Waals surface area contributed by atoms with Crippen LogP contribution in [0.25, 0.3) is 0 Å². The summed E-state index contributed by atoms with van der Waals surface area (Å²) >= 11 is 0. The molecule has 0 fully saturated rings. The van der Waals surface area contributed by atoms with Gasteiger partial charge in [0.1, 0.15) is 10.7 Å². The molecule has 0 aromatic heterocycles. The highest BCUT2D eigenvalue weighted by Gasteiger charge is 2.39. The Kier molecular flexibility index (Phi) is 5.08. The van der Waals surface area contributed by atoms with Gasteiger partial charge in [-0.05, 0) is 12.1 Å². The van der Waals surface area contributed by atoms with Gasteiger partial charge in [-0.15, -0.1) is 0 Å². The minimum atomic E-state index is -5.07. The fraction of sp³-hybridized carbons (Fsp3) is 0.250.